The Morgan fingerprint density at radius 2 is 2.17 bits per heavy atom. The number of nitrogens with zero attached hydrogens (tertiary/aromatic N) is 1. The number of benzene rings is 1. The summed E-state index contributed by atoms with van der Waals surface area (Å²) in [7, 11) is 1.59. The van der Waals surface area contributed by atoms with Crippen molar-refractivity contribution in [1.82, 2.24) is 9.97 Å². The molecule has 1 heterocycles. The van der Waals surface area contributed by atoms with Gasteiger partial charge in [0.2, 0.25) is 0 Å². The van der Waals surface area contributed by atoms with Gasteiger partial charge in [0, 0.05) is 12.7 Å². The van der Waals surface area contributed by atoms with Crippen molar-refractivity contribution in [3.8, 4) is 11.3 Å². The third-order valence-electron chi connectivity index (χ3n) is 2.55. The molecule has 0 radical (unpaired) electrons. The zero-order valence-corrected chi connectivity index (χ0v) is 11.0. The number of aryl methyl sites for hydroxylation is 1. The molecule has 0 atom stereocenters. The summed E-state index contributed by atoms with van der Waals surface area (Å²) in [5, 5.41) is 0. The lowest BCUT2D eigenvalue weighted by Gasteiger charge is -2.08. The lowest BCUT2D eigenvalue weighted by Crippen LogP contribution is -1.99. The number of aromatic nitrogens is 2. The molecular weight excluding hydrogens is 251 g/mol. The molecule has 0 spiro atoms. The van der Waals surface area contributed by atoms with Gasteiger partial charge < -0.3 is 9.72 Å². The fourth-order valence-electron chi connectivity index (χ4n) is 1.79. The van der Waals surface area contributed by atoms with Gasteiger partial charge in [-0.3, -0.25) is 0 Å². The van der Waals surface area contributed by atoms with Crippen LogP contribution in [0.4, 0.5) is 4.39 Å². The molecule has 0 unspecified atom stereocenters. The van der Waals surface area contributed by atoms with E-state index in [1.165, 1.54) is 12.1 Å². The first-order chi connectivity index (χ1) is 8.60. The van der Waals surface area contributed by atoms with Gasteiger partial charge >= 0.3 is 0 Å². The maximum absolute atomic E-state index is 13.1. The molecule has 0 fully saturated rings. The molecule has 0 aliphatic carbocycles. The number of rotatable bonds is 3. The Balaban J connectivity index is 2.53. The standard InChI is InChI=1S/C13H13FN2OS/c1-8-5-9(14)3-4-10(8)11-6-13(18)16-12(15-11)7-17-2/h3-6H,7H2,1-2H3,(H,15,16,18). The largest absolute Gasteiger partial charge is 0.377 e. The van der Waals surface area contributed by atoms with Gasteiger partial charge in [0.1, 0.15) is 22.9 Å². The number of aromatic amines is 1. The zero-order valence-electron chi connectivity index (χ0n) is 10.2. The normalized spacial score (nSPS) is 10.6. The van der Waals surface area contributed by atoms with E-state index in [0.717, 1.165) is 16.8 Å². The molecule has 0 bridgehead atoms. The molecule has 0 saturated heterocycles. The fraction of sp³-hybridized carbons (Fsp3) is 0.231. The van der Waals surface area contributed by atoms with Gasteiger partial charge in [-0.1, -0.05) is 12.2 Å². The molecule has 0 saturated carbocycles. The van der Waals surface area contributed by atoms with Gasteiger partial charge in [-0.2, -0.15) is 0 Å². The molecule has 2 aromatic rings. The predicted octanol–water partition coefficient (Wildman–Crippen LogP) is 3.40. The summed E-state index contributed by atoms with van der Waals surface area (Å²) in [6.07, 6.45) is 0. The maximum Gasteiger partial charge on any atom is 0.134 e. The third kappa shape index (κ3) is 2.80. The molecule has 0 amide bonds. The van der Waals surface area contributed by atoms with Crippen LogP contribution in [0.2, 0.25) is 0 Å². The zero-order chi connectivity index (χ0) is 13.1. The van der Waals surface area contributed by atoms with E-state index in [9.17, 15) is 4.39 Å². The first-order valence-corrected chi connectivity index (χ1v) is 5.86. The minimum atomic E-state index is -0.249. The number of ether oxygens (including phenoxy) is 1. The number of nitrogens with one attached hydrogen (secondary N) is 1. The van der Waals surface area contributed by atoms with Crippen LogP contribution >= 0.6 is 12.2 Å². The van der Waals surface area contributed by atoms with Crippen LogP contribution in [0.25, 0.3) is 11.3 Å². The van der Waals surface area contributed by atoms with Crippen LogP contribution in [0.1, 0.15) is 11.4 Å². The number of methoxy groups -OCH3 is 1. The van der Waals surface area contributed by atoms with Crippen LogP contribution in [0.5, 0.6) is 0 Å². The minimum Gasteiger partial charge on any atom is -0.377 e. The smallest absolute Gasteiger partial charge is 0.134 e. The monoisotopic (exact) mass is 264 g/mol. The van der Waals surface area contributed by atoms with Crippen molar-refractivity contribution < 1.29 is 9.13 Å². The lowest BCUT2D eigenvalue weighted by molar-refractivity contribution is 0.177. The van der Waals surface area contributed by atoms with Crippen LogP contribution in [-0.4, -0.2) is 17.1 Å². The molecule has 18 heavy (non-hydrogen) atoms. The first kappa shape index (κ1) is 12.9. The Kier molecular flexibility index (Phi) is 3.84. The molecule has 1 N–H and O–H groups in total. The number of halogens is 1. The molecule has 0 aliphatic heterocycles. The quantitative estimate of drug-likeness (QED) is 0.863. The van der Waals surface area contributed by atoms with Gasteiger partial charge in [0.05, 0.1) is 5.69 Å². The Morgan fingerprint density at radius 3 is 2.83 bits per heavy atom. The van der Waals surface area contributed by atoms with Crippen molar-refractivity contribution in [2.24, 2.45) is 0 Å². The molecule has 1 aromatic heterocycles. The topological polar surface area (TPSA) is 37.9 Å². The summed E-state index contributed by atoms with van der Waals surface area (Å²) in [5.41, 5.74) is 2.57. The third-order valence-corrected chi connectivity index (χ3v) is 2.76. The van der Waals surface area contributed by atoms with Crippen LogP contribution in [-0.2, 0) is 11.3 Å². The average molecular weight is 264 g/mol. The van der Waals surface area contributed by atoms with Crippen LogP contribution in [0, 0.1) is 17.4 Å². The van der Waals surface area contributed by atoms with E-state index in [0.29, 0.717) is 17.1 Å². The van der Waals surface area contributed by atoms with Gasteiger partial charge in [-0.25, -0.2) is 9.37 Å². The first-order valence-electron chi connectivity index (χ1n) is 5.46. The summed E-state index contributed by atoms with van der Waals surface area (Å²) < 4.78 is 18.6. The van der Waals surface area contributed by atoms with Crippen molar-refractivity contribution >= 4 is 12.2 Å². The summed E-state index contributed by atoms with van der Waals surface area (Å²) >= 11 is 5.11. The Morgan fingerprint density at radius 1 is 1.39 bits per heavy atom. The highest BCUT2D eigenvalue weighted by Gasteiger charge is 2.06. The van der Waals surface area contributed by atoms with Crippen molar-refractivity contribution in [3.05, 3.63) is 46.1 Å². The summed E-state index contributed by atoms with van der Waals surface area (Å²) in [6, 6.07) is 6.40. The van der Waals surface area contributed by atoms with Gasteiger partial charge in [-0.05, 0) is 36.8 Å². The Bertz CT molecular complexity index is 625. The Labute approximate surface area is 110 Å². The van der Waals surface area contributed by atoms with Crippen LogP contribution in [0.3, 0.4) is 0 Å². The highest BCUT2D eigenvalue weighted by atomic mass is 32.1. The van der Waals surface area contributed by atoms with Crippen LogP contribution < -0.4 is 0 Å². The molecule has 5 heteroatoms. The van der Waals surface area contributed by atoms with Crippen molar-refractivity contribution in [1.29, 1.82) is 0 Å². The number of hydrogen-bond acceptors (Lipinski definition) is 3. The lowest BCUT2D eigenvalue weighted by atomic mass is 10.1. The second-order valence-electron chi connectivity index (χ2n) is 3.97. The second-order valence-corrected chi connectivity index (χ2v) is 4.39. The molecule has 0 aliphatic rings. The summed E-state index contributed by atoms with van der Waals surface area (Å²) in [5.74, 6) is 0.407. The van der Waals surface area contributed by atoms with E-state index >= 15 is 0 Å². The maximum atomic E-state index is 13.1. The number of H-pyrrole nitrogens is 1. The van der Waals surface area contributed by atoms with Crippen molar-refractivity contribution in [2.75, 3.05) is 7.11 Å². The molecular formula is C13H13FN2OS. The molecule has 3 nitrogen and oxygen atoms in total. The highest BCUT2D eigenvalue weighted by molar-refractivity contribution is 7.71. The van der Waals surface area contributed by atoms with Gasteiger partial charge in [0.25, 0.3) is 0 Å². The fourth-order valence-corrected chi connectivity index (χ4v) is 2.02. The van der Waals surface area contributed by atoms with E-state index in [2.05, 4.69) is 9.97 Å². The van der Waals surface area contributed by atoms with E-state index in [1.54, 1.807) is 19.2 Å². The van der Waals surface area contributed by atoms with Crippen molar-refractivity contribution in [2.45, 2.75) is 13.5 Å². The van der Waals surface area contributed by atoms with Crippen LogP contribution in [0.15, 0.2) is 24.3 Å². The number of hydrogen-bond donors (Lipinski definition) is 1. The van der Waals surface area contributed by atoms with E-state index in [-0.39, 0.29) is 5.82 Å². The molecule has 94 valence electrons. The molecule has 2 rings (SSSR count). The summed E-state index contributed by atoms with van der Waals surface area (Å²) in [4.78, 5) is 7.29. The SMILES string of the molecule is COCc1nc(=S)cc(-c2ccc(F)cc2C)[nH]1. The predicted molar refractivity (Wildman–Crippen MR) is 70.3 cm³/mol. The van der Waals surface area contributed by atoms with E-state index < -0.39 is 0 Å². The van der Waals surface area contributed by atoms with Gasteiger partial charge in [-0.15, -0.1) is 0 Å². The second kappa shape index (κ2) is 5.37. The average Bonchev–Trinajstić information content (AvgIpc) is 2.28. The Hall–Kier alpha value is -1.59. The summed E-state index contributed by atoms with van der Waals surface area (Å²) in [6.45, 7) is 2.21. The molecule has 1 aromatic carbocycles. The van der Waals surface area contributed by atoms with E-state index in [1.807, 2.05) is 6.92 Å². The van der Waals surface area contributed by atoms with Crippen molar-refractivity contribution in [3.63, 3.8) is 0 Å². The van der Waals surface area contributed by atoms with E-state index in [4.69, 9.17) is 17.0 Å². The van der Waals surface area contributed by atoms with Gasteiger partial charge in [0.15, 0.2) is 0 Å². The minimum absolute atomic E-state index is 0.249. The highest BCUT2D eigenvalue weighted by Crippen LogP contribution is 2.22.